The van der Waals surface area contributed by atoms with Crippen LogP contribution in [-0.4, -0.2) is 26.2 Å². The first kappa shape index (κ1) is 13.3. The Bertz CT molecular complexity index is 380. The molecule has 0 heterocycles. The van der Waals surface area contributed by atoms with Crippen molar-refractivity contribution in [2.75, 3.05) is 20.3 Å². The molecule has 0 aliphatic rings. The first-order valence-corrected chi connectivity index (χ1v) is 5.47. The van der Waals surface area contributed by atoms with Gasteiger partial charge in [0.25, 0.3) is 0 Å². The van der Waals surface area contributed by atoms with E-state index in [2.05, 4.69) is 5.32 Å². The van der Waals surface area contributed by atoms with Crippen molar-refractivity contribution in [3.8, 4) is 11.5 Å². The molecular weight excluding hydrogens is 220 g/mol. The molecule has 94 valence electrons. The van der Waals surface area contributed by atoms with Crippen LogP contribution in [0.1, 0.15) is 12.5 Å². The molecule has 1 aromatic carbocycles. The van der Waals surface area contributed by atoms with Gasteiger partial charge in [-0.1, -0.05) is 6.07 Å². The maximum Gasteiger partial charge on any atom is 0.234 e. The van der Waals surface area contributed by atoms with Gasteiger partial charge >= 0.3 is 0 Å². The molecule has 17 heavy (non-hydrogen) atoms. The Labute approximate surface area is 101 Å². The van der Waals surface area contributed by atoms with E-state index in [1.54, 1.807) is 7.11 Å². The summed E-state index contributed by atoms with van der Waals surface area (Å²) in [6.45, 7) is 2.89. The first-order chi connectivity index (χ1) is 8.21. The second-order valence-corrected chi connectivity index (χ2v) is 3.40. The number of rotatable bonds is 6. The molecule has 0 unspecified atom stereocenters. The predicted molar refractivity (Wildman–Crippen MR) is 65.1 cm³/mol. The van der Waals surface area contributed by atoms with E-state index in [4.69, 9.17) is 15.2 Å². The van der Waals surface area contributed by atoms with Crippen molar-refractivity contribution in [3.63, 3.8) is 0 Å². The number of methoxy groups -OCH3 is 1. The number of ether oxygens (including phenoxy) is 2. The number of hydrogen-bond acceptors (Lipinski definition) is 4. The van der Waals surface area contributed by atoms with Crippen molar-refractivity contribution in [3.05, 3.63) is 23.8 Å². The summed E-state index contributed by atoms with van der Waals surface area (Å²) < 4.78 is 10.6. The van der Waals surface area contributed by atoms with Crippen molar-refractivity contribution >= 4 is 5.91 Å². The monoisotopic (exact) mass is 238 g/mol. The Balaban J connectivity index is 2.73. The Morgan fingerprint density at radius 2 is 2.18 bits per heavy atom. The van der Waals surface area contributed by atoms with Crippen LogP contribution in [0.4, 0.5) is 0 Å². The molecule has 5 heteroatoms. The molecule has 1 aromatic rings. The Hall–Kier alpha value is -1.75. The highest BCUT2D eigenvalue weighted by Crippen LogP contribution is 2.27. The number of nitrogens with two attached hydrogens (primary N) is 1. The lowest BCUT2D eigenvalue weighted by molar-refractivity contribution is -0.119. The van der Waals surface area contributed by atoms with Crippen molar-refractivity contribution in [2.24, 2.45) is 5.73 Å². The lowest BCUT2D eigenvalue weighted by Gasteiger charge is -2.11. The lowest BCUT2D eigenvalue weighted by Crippen LogP contribution is -2.29. The lowest BCUT2D eigenvalue weighted by atomic mass is 10.2. The minimum Gasteiger partial charge on any atom is -0.493 e. The summed E-state index contributed by atoms with van der Waals surface area (Å²) in [5.41, 5.74) is 6.14. The normalized spacial score (nSPS) is 9.82. The van der Waals surface area contributed by atoms with Crippen LogP contribution < -0.4 is 20.5 Å². The molecule has 0 aliphatic heterocycles. The van der Waals surface area contributed by atoms with Gasteiger partial charge in [0, 0.05) is 6.54 Å². The summed E-state index contributed by atoms with van der Waals surface area (Å²) in [4.78, 5) is 11.0. The van der Waals surface area contributed by atoms with Gasteiger partial charge in [-0.15, -0.1) is 0 Å². The van der Waals surface area contributed by atoms with Crippen molar-refractivity contribution < 1.29 is 14.3 Å². The molecule has 0 saturated carbocycles. The van der Waals surface area contributed by atoms with Gasteiger partial charge in [0.15, 0.2) is 11.5 Å². The van der Waals surface area contributed by atoms with Crippen LogP contribution in [-0.2, 0) is 11.3 Å². The minimum absolute atomic E-state index is 0.00548. The second kappa shape index (κ2) is 6.75. The molecule has 0 fully saturated rings. The zero-order valence-electron chi connectivity index (χ0n) is 10.2. The van der Waals surface area contributed by atoms with Crippen molar-refractivity contribution in [1.82, 2.24) is 5.32 Å². The molecule has 3 N–H and O–H groups in total. The van der Waals surface area contributed by atoms with Crippen LogP contribution in [0.3, 0.4) is 0 Å². The van der Waals surface area contributed by atoms with Gasteiger partial charge in [0.1, 0.15) is 0 Å². The van der Waals surface area contributed by atoms with Crippen molar-refractivity contribution in [2.45, 2.75) is 13.5 Å². The van der Waals surface area contributed by atoms with Gasteiger partial charge in [-0.3, -0.25) is 4.79 Å². The largest absolute Gasteiger partial charge is 0.493 e. The highest BCUT2D eigenvalue weighted by Gasteiger charge is 2.05. The minimum atomic E-state index is -0.182. The standard InChI is InChI=1S/C12H18N2O3/c1-3-17-11-6-9(4-5-10(11)16-2)8-14-12(15)7-13/h4-6H,3,7-8,13H2,1-2H3,(H,14,15). The highest BCUT2D eigenvalue weighted by molar-refractivity contribution is 5.77. The zero-order chi connectivity index (χ0) is 12.7. The van der Waals surface area contributed by atoms with Gasteiger partial charge in [0.2, 0.25) is 5.91 Å². The third kappa shape index (κ3) is 3.96. The summed E-state index contributed by atoms with van der Waals surface area (Å²) in [5.74, 6) is 1.18. The summed E-state index contributed by atoms with van der Waals surface area (Å²) in [7, 11) is 1.59. The van der Waals surface area contributed by atoms with Crippen LogP contribution in [0.2, 0.25) is 0 Å². The Morgan fingerprint density at radius 1 is 1.41 bits per heavy atom. The summed E-state index contributed by atoms with van der Waals surface area (Å²) in [6, 6.07) is 5.53. The molecule has 0 aromatic heterocycles. The maximum atomic E-state index is 11.0. The van der Waals surface area contributed by atoms with Gasteiger partial charge < -0.3 is 20.5 Å². The molecule has 1 amide bonds. The summed E-state index contributed by atoms with van der Waals surface area (Å²) in [5, 5.41) is 2.70. The van der Waals surface area contributed by atoms with Gasteiger partial charge in [-0.25, -0.2) is 0 Å². The van der Waals surface area contributed by atoms with Crippen LogP contribution >= 0.6 is 0 Å². The van der Waals surface area contributed by atoms with Crippen LogP contribution in [0.15, 0.2) is 18.2 Å². The summed E-state index contributed by atoms with van der Waals surface area (Å²) in [6.07, 6.45) is 0. The molecule has 0 radical (unpaired) electrons. The topological polar surface area (TPSA) is 73.6 Å². The van der Waals surface area contributed by atoms with Crippen LogP contribution in [0.5, 0.6) is 11.5 Å². The van der Waals surface area contributed by atoms with Gasteiger partial charge in [0.05, 0.1) is 20.3 Å². The molecule has 5 nitrogen and oxygen atoms in total. The summed E-state index contributed by atoms with van der Waals surface area (Å²) >= 11 is 0. The van der Waals surface area contributed by atoms with Crippen LogP contribution in [0, 0.1) is 0 Å². The quantitative estimate of drug-likeness (QED) is 0.764. The molecule has 0 spiro atoms. The smallest absolute Gasteiger partial charge is 0.234 e. The third-order valence-corrected chi connectivity index (χ3v) is 2.20. The number of hydrogen-bond donors (Lipinski definition) is 2. The molecular formula is C12H18N2O3. The van der Waals surface area contributed by atoms with Gasteiger partial charge in [-0.05, 0) is 24.6 Å². The third-order valence-electron chi connectivity index (χ3n) is 2.20. The van der Waals surface area contributed by atoms with Crippen molar-refractivity contribution in [1.29, 1.82) is 0 Å². The maximum absolute atomic E-state index is 11.0. The van der Waals surface area contributed by atoms with E-state index in [0.717, 1.165) is 5.56 Å². The molecule has 0 atom stereocenters. The van der Waals surface area contributed by atoms with E-state index in [1.807, 2.05) is 25.1 Å². The zero-order valence-corrected chi connectivity index (χ0v) is 10.2. The van der Waals surface area contributed by atoms with E-state index in [-0.39, 0.29) is 12.5 Å². The number of amides is 1. The number of carbonyl (C=O) groups is 1. The van der Waals surface area contributed by atoms with Gasteiger partial charge in [-0.2, -0.15) is 0 Å². The Morgan fingerprint density at radius 3 is 2.76 bits per heavy atom. The number of benzene rings is 1. The fourth-order valence-electron chi connectivity index (χ4n) is 1.37. The SMILES string of the molecule is CCOc1cc(CNC(=O)CN)ccc1OC. The molecule has 0 aliphatic carbocycles. The molecule has 0 saturated heterocycles. The average Bonchev–Trinajstić information content (AvgIpc) is 2.36. The average molecular weight is 238 g/mol. The number of nitrogens with one attached hydrogen (secondary N) is 1. The molecule has 0 bridgehead atoms. The fraction of sp³-hybridized carbons (Fsp3) is 0.417. The van der Waals surface area contributed by atoms with E-state index in [0.29, 0.717) is 24.7 Å². The Kier molecular flexibility index (Phi) is 5.29. The van der Waals surface area contributed by atoms with E-state index < -0.39 is 0 Å². The van der Waals surface area contributed by atoms with Crippen LogP contribution in [0.25, 0.3) is 0 Å². The van der Waals surface area contributed by atoms with E-state index in [1.165, 1.54) is 0 Å². The van der Waals surface area contributed by atoms with E-state index in [9.17, 15) is 4.79 Å². The number of carbonyl (C=O) groups excluding carboxylic acids is 1. The first-order valence-electron chi connectivity index (χ1n) is 5.47. The fourth-order valence-corrected chi connectivity index (χ4v) is 1.37. The molecule has 1 rings (SSSR count). The second-order valence-electron chi connectivity index (χ2n) is 3.40. The predicted octanol–water partition coefficient (Wildman–Crippen LogP) is 0.669. The van der Waals surface area contributed by atoms with E-state index >= 15 is 0 Å². The highest BCUT2D eigenvalue weighted by atomic mass is 16.5.